The zero-order valence-corrected chi connectivity index (χ0v) is 16.8. The lowest BCUT2D eigenvalue weighted by atomic mass is 9.97. The van der Waals surface area contributed by atoms with Gasteiger partial charge in [0.25, 0.3) is 0 Å². The highest BCUT2D eigenvalue weighted by Gasteiger charge is 2.31. The van der Waals surface area contributed by atoms with Gasteiger partial charge in [-0.2, -0.15) is 5.10 Å². The van der Waals surface area contributed by atoms with Crippen molar-refractivity contribution in [1.29, 1.82) is 0 Å². The Morgan fingerprint density at radius 3 is 2.61 bits per heavy atom. The fourth-order valence-electron chi connectivity index (χ4n) is 3.91. The maximum atomic E-state index is 13.2. The van der Waals surface area contributed by atoms with Gasteiger partial charge in [0.1, 0.15) is 12.0 Å². The van der Waals surface area contributed by atoms with E-state index in [1.807, 2.05) is 58.5 Å². The van der Waals surface area contributed by atoms with Gasteiger partial charge in [0.05, 0.1) is 5.92 Å². The number of amides is 1. The Labute approximate surface area is 165 Å². The van der Waals surface area contributed by atoms with Gasteiger partial charge in [-0.15, -0.1) is 10.2 Å². The van der Waals surface area contributed by atoms with E-state index in [1.165, 1.54) is 5.69 Å². The molecular formula is C21H26N6O. The topological polar surface area (TPSA) is 68.8 Å². The predicted octanol–water partition coefficient (Wildman–Crippen LogP) is 2.95. The van der Waals surface area contributed by atoms with Crippen molar-refractivity contribution in [2.24, 2.45) is 7.05 Å². The largest absolute Gasteiger partial charge is 0.337 e. The Bertz CT molecular complexity index is 988. The molecule has 4 rings (SSSR count). The third-order valence-electron chi connectivity index (χ3n) is 5.57. The molecule has 0 saturated carbocycles. The Kier molecular flexibility index (Phi) is 4.75. The number of hydrogen-bond acceptors (Lipinski definition) is 4. The summed E-state index contributed by atoms with van der Waals surface area (Å²) in [7, 11) is 1.96. The van der Waals surface area contributed by atoms with Crippen molar-refractivity contribution in [1.82, 2.24) is 29.4 Å². The van der Waals surface area contributed by atoms with Crippen molar-refractivity contribution in [2.45, 2.75) is 45.7 Å². The summed E-state index contributed by atoms with van der Waals surface area (Å²) in [6.45, 7) is 7.43. The Balaban J connectivity index is 1.65. The lowest BCUT2D eigenvalue weighted by Crippen LogP contribution is -2.38. The van der Waals surface area contributed by atoms with Crippen LogP contribution in [0.15, 0.2) is 36.7 Å². The van der Waals surface area contributed by atoms with E-state index in [2.05, 4.69) is 24.0 Å². The fourth-order valence-corrected chi connectivity index (χ4v) is 3.91. The van der Waals surface area contributed by atoms with Crippen LogP contribution in [0, 0.1) is 0 Å². The highest BCUT2D eigenvalue weighted by Crippen LogP contribution is 2.31. The van der Waals surface area contributed by atoms with Crippen LogP contribution < -0.4 is 0 Å². The molecule has 0 saturated heterocycles. The highest BCUT2D eigenvalue weighted by molar-refractivity contribution is 5.83. The molecular weight excluding hydrogens is 352 g/mol. The van der Waals surface area contributed by atoms with E-state index in [0.29, 0.717) is 13.1 Å². The first kappa shape index (κ1) is 18.4. The molecule has 146 valence electrons. The molecule has 1 aliphatic rings. The van der Waals surface area contributed by atoms with Crippen LogP contribution in [0.25, 0.3) is 11.5 Å². The lowest BCUT2D eigenvalue weighted by Gasteiger charge is -2.30. The average Bonchev–Trinajstić information content (AvgIpc) is 3.32. The molecule has 1 aromatic carbocycles. The van der Waals surface area contributed by atoms with E-state index in [9.17, 15) is 4.79 Å². The first-order valence-corrected chi connectivity index (χ1v) is 9.75. The van der Waals surface area contributed by atoms with E-state index in [-0.39, 0.29) is 17.9 Å². The second-order valence-electron chi connectivity index (χ2n) is 7.70. The monoisotopic (exact) mass is 378 g/mol. The standard InChI is InChI=1S/C21H26N6O/c1-14(2)27-13-22-23-20(27)19-17-12-26(11-10-18(17)25(4)24-19)21(28)15(3)16-8-6-5-7-9-16/h5-9,13-15H,10-12H2,1-4H3. The maximum absolute atomic E-state index is 13.2. The predicted molar refractivity (Wildman–Crippen MR) is 107 cm³/mol. The second kappa shape index (κ2) is 7.22. The molecule has 28 heavy (non-hydrogen) atoms. The molecule has 1 atom stereocenters. The van der Waals surface area contributed by atoms with Crippen LogP contribution in [-0.4, -0.2) is 41.9 Å². The van der Waals surface area contributed by atoms with Gasteiger partial charge in [-0.05, 0) is 26.3 Å². The number of aryl methyl sites for hydroxylation is 1. The number of hydrogen-bond donors (Lipinski definition) is 0. The zero-order valence-electron chi connectivity index (χ0n) is 16.8. The number of carbonyl (C=O) groups is 1. The second-order valence-corrected chi connectivity index (χ2v) is 7.70. The Morgan fingerprint density at radius 1 is 1.14 bits per heavy atom. The Morgan fingerprint density at radius 2 is 1.89 bits per heavy atom. The summed E-state index contributed by atoms with van der Waals surface area (Å²) in [6.07, 6.45) is 2.53. The van der Waals surface area contributed by atoms with E-state index in [1.54, 1.807) is 6.33 Å². The van der Waals surface area contributed by atoms with Crippen LogP contribution in [0.2, 0.25) is 0 Å². The molecule has 3 aromatic rings. The minimum atomic E-state index is -0.165. The summed E-state index contributed by atoms with van der Waals surface area (Å²) in [5.74, 6) is 0.747. The molecule has 0 bridgehead atoms. The van der Waals surface area contributed by atoms with Gasteiger partial charge < -0.3 is 9.47 Å². The van der Waals surface area contributed by atoms with Crippen molar-refractivity contribution < 1.29 is 4.79 Å². The third kappa shape index (κ3) is 3.10. The molecule has 1 aliphatic heterocycles. The number of fused-ring (bicyclic) bond motifs is 1. The number of rotatable bonds is 4. The van der Waals surface area contributed by atoms with Crippen molar-refractivity contribution in [3.63, 3.8) is 0 Å². The van der Waals surface area contributed by atoms with Gasteiger partial charge in [-0.3, -0.25) is 9.48 Å². The molecule has 0 N–H and O–H groups in total. The average molecular weight is 378 g/mol. The van der Waals surface area contributed by atoms with Gasteiger partial charge in [0.15, 0.2) is 5.82 Å². The molecule has 0 radical (unpaired) electrons. The molecule has 0 fully saturated rings. The maximum Gasteiger partial charge on any atom is 0.230 e. The smallest absolute Gasteiger partial charge is 0.230 e. The normalized spacial score (nSPS) is 15.0. The summed E-state index contributed by atoms with van der Waals surface area (Å²) >= 11 is 0. The van der Waals surface area contributed by atoms with E-state index < -0.39 is 0 Å². The summed E-state index contributed by atoms with van der Waals surface area (Å²) in [4.78, 5) is 15.1. The van der Waals surface area contributed by atoms with Crippen LogP contribution in [0.4, 0.5) is 0 Å². The van der Waals surface area contributed by atoms with E-state index in [0.717, 1.165) is 29.1 Å². The molecule has 7 heteroatoms. The number of carbonyl (C=O) groups excluding carboxylic acids is 1. The number of benzene rings is 1. The van der Waals surface area contributed by atoms with Crippen LogP contribution in [0.5, 0.6) is 0 Å². The molecule has 7 nitrogen and oxygen atoms in total. The third-order valence-corrected chi connectivity index (χ3v) is 5.57. The summed E-state index contributed by atoms with van der Waals surface area (Å²) < 4.78 is 3.95. The SMILES string of the molecule is CC(C(=O)N1CCc2c(c(-c3nncn3C(C)C)nn2C)C1)c1ccccc1. The van der Waals surface area contributed by atoms with E-state index >= 15 is 0 Å². The quantitative estimate of drug-likeness (QED) is 0.700. The first-order valence-electron chi connectivity index (χ1n) is 9.75. The van der Waals surface area contributed by atoms with Crippen molar-refractivity contribution in [2.75, 3.05) is 6.54 Å². The van der Waals surface area contributed by atoms with Crippen LogP contribution >= 0.6 is 0 Å². The molecule has 1 unspecified atom stereocenters. The molecule has 0 spiro atoms. The van der Waals surface area contributed by atoms with Gasteiger partial charge in [-0.25, -0.2) is 0 Å². The Hall–Kier alpha value is -2.96. The van der Waals surface area contributed by atoms with Crippen molar-refractivity contribution in [3.8, 4) is 11.5 Å². The van der Waals surface area contributed by atoms with Crippen molar-refractivity contribution in [3.05, 3.63) is 53.5 Å². The van der Waals surface area contributed by atoms with Crippen LogP contribution in [0.3, 0.4) is 0 Å². The van der Waals surface area contributed by atoms with Gasteiger partial charge in [-0.1, -0.05) is 30.3 Å². The number of nitrogens with zero attached hydrogens (tertiary/aromatic N) is 6. The van der Waals surface area contributed by atoms with Gasteiger partial charge in [0.2, 0.25) is 5.91 Å². The summed E-state index contributed by atoms with van der Waals surface area (Å²) in [5, 5.41) is 13.1. The van der Waals surface area contributed by atoms with Gasteiger partial charge in [0, 0.05) is 43.9 Å². The van der Waals surface area contributed by atoms with Gasteiger partial charge >= 0.3 is 0 Å². The molecule has 2 aromatic heterocycles. The minimum absolute atomic E-state index is 0.150. The highest BCUT2D eigenvalue weighted by atomic mass is 16.2. The number of aromatic nitrogens is 5. The first-order chi connectivity index (χ1) is 13.5. The van der Waals surface area contributed by atoms with Crippen LogP contribution in [0.1, 0.15) is 49.6 Å². The molecule has 0 aliphatic carbocycles. The van der Waals surface area contributed by atoms with E-state index in [4.69, 9.17) is 5.10 Å². The lowest BCUT2D eigenvalue weighted by molar-refractivity contribution is -0.133. The minimum Gasteiger partial charge on any atom is -0.337 e. The molecule has 1 amide bonds. The summed E-state index contributed by atoms with van der Waals surface area (Å²) in [6, 6.07) is 10.2. The fraction of sp³-hybridized carbons (Fsp3) is 0.429. The molecule has 3 heterocycles. The summed E-state index contributed by atoms with van der Waals surface area (Å²) in [5.41, 5.74) is 4.12. The zero-order chi connectivity index (χ0) is 19.8. The van der Waals surface area contributed by atoms with Crippen molar-refractivity contribution >= 4 is 5.91 Å². The van der Waals surface area contributed by atoms with Crippen LogP contribution in [-0.2, 0) is 24.8 Å².